The minimum Gasteiger partial charge on any atom is -0.459 e. The fourth-order valence-corrected chi connectivity index (χ4v) is 5.18. The van der Waals surface area contributed by atoms with Crippen LogP contribution in [0.3, 0.4) is 0 Å². The number of nitrogens with two attached hydrogens (primary N) is 1. The van der Waals surface area contributed by atoms with E-state index in [2.05, 4.69) is 4.74 Å². The normalized spacial score (nSPS) is 14.6. The average molecular weight is 756 g/mol. The number of unbranched alkanes of at least 4 members (excludes halogenated alkanes) is 2. The van der Waals surface area contributed by atoms with Crippen LogP contribution in [0.4, 0.5) is 4.79 Å². The Labute approximate surface area is 315 Å². The highest BCUT2D eigenvalue weighted by Crippen LogP contribution is 2.28. The summed E-state index contributed by atoms with van der Waals surface area (Å²) in [6, 6.07) is 11.3. The topological polar surface area (TPSA) is 220 Å². The second kappa shape index (κ2) is 20.5. The number of benzene rings is 2. The molecule has 15 heteroatoms. The fourth-order valence-electron chi connectivity index (χ4n) is 5.18. The molecule has 0 bridgehead atoms. The molecule has 2 atom stereocenters. The van der Waals surface area contributed by atoms with Crippen LogP contribution in [0, 0.1) is 0 Å². The quantitative estimate of drug-likeness (QED) is 0.118. The molecule has 0 radical (unpaired) electrons. The van der Waals surface area contributed by atoms with E-state index in [1.54, 1.807) is 64.1 Å². The Morgan fingerprint density at radius 1 is 0.648 bits per heavy atom. The van der Waals surface area contributed by atoms with Gasteiger partial charge in [0.2, 0.25) is 0 Å². The molecule has 2 heterocycles. The molecule has 296 valence electrons. The molecule has 0 aliphatic carbocycles. The predicted molar refractivity (Wildman–Crippen MR) is 196 cm³/mol. The van der Waals surface area contributed by atoms with Crippen molar-refractivity contribution in [3.05, 3.63) is 70.8 Å². The fraction of sp³-hybridized carbons (Fsp3) is 0.513. The predicted octanol–water partition coefficient (Wildman–Crippen LogP) is 4.41. The number of aliphatic hydroxyl groups is 2. The molecule has 2 aromatic carbocycles. The number of hydrogen-bond donors (Lipinski definition) is 3. The molecule has 0 spiro atoms. The standard InChI is InChI=1S/C18H23NO5.C11H9NO4.C10H21NO3/c1-18(2,3)24-17(23)14(10-6-7-11-20)19-15(21)12-8-4-5-9-13(12)16(19)22;1-2-16-11(15)12-9(13)7-5-3-4-6-8(7)10(12)14;1-10(2,3)14-9(13)8(11)6-4-5-7-12/h4-5,8-9,14,20H,6-7,10-11H2,1-3H3;3-6H,2H2,1H3;8,12H,4-7,11H2,1-3H3/t14-;;8-/m0.0/s1. The highest BCUT2D eigenvalue weighted by molar-refractivity contribution is 6.28. The molecule has 2 aromatic rings. The van der Waals surface area contributed by atoms with Crippen molar-refractivity contribution in [1.82, 2.24) is 9.80 Å². The van der Waals surface area contributed by atoms with E-state index < -0.39 is 59.0 Å². The van der Waals surface area contributed by atoms with Crippen molar-refractivity contribution in [2.75, 3.05) is 19.8 Å². The Bertz CT molecular complexity index is 1590. The van der Waals surface area contributed by atoms with Gasteiger partial charge in [-0.2, -0.15) is 4.90 Å². The SMILES string of the molecule is CC(C)(C)OC(=O)[C@@H](N)CCCCO.CC(C)(C)OC(=O)[C@H](CCCCO)N1C(=O)c2ccccc2C1=O.CCOC(=O)N1C(=O)c2ccccc2C1=O. The van der Waals surface area contributed by atoms with Gasteiger partial charge in [-0.1, -0.05) is 24.3 Å². The summed E-state index contributed by atoms with van der Waals surface area (Å²) >= 11 is 0. The number of esters is 2. The second-order valence-corrected chi connectivity index (χ2v) is 14.3. The number of carbonyl (C=O) groups is 7. The number of nitrogens with zero attached hydrogens (tertiary/aromatic N) is 2. The van der Waals surface area contributed by atoms with Crippen molar-refractivity contribution >= 4 is 41.7 Å². The monoisotopic (exact) mass is 755 g/mol. The van der Waals surface area contributed by atoms with E-state index in [1.165, 1.54) is 12.1 Å². The third-order valence-electron chi connectivity index (χ3n) is 7.58. The Morgan fingerprint density at radius 3 is 1.43 bits per heavy atom. The van der Waals surface area contributed by atoms with Crippen molar-refractivity contribution in [1.29, 1.82) is 0 Å². The van der Waals surface area contributed by atoms with E-state index in [9.17, 15) is 33.6 Å². The number of ether oxygens (including phenoxy) is 3. The second-order valence-electron chi connectivity index (χ2n) is 14.3. The van der Waals surface area contributed by atoms with Crippen LogP contribution in [0.25, 0.3) is 0 Å². The summed E-state index contributed by atoms with van der Waals surface area (Å²) in [6.45, 7) is 12.5. The smallest absolute Gasteiger partial charge is 0.424 e. The third-order valence-corrected chi connectivity index (χ3v) is 7.58. The Hall–Kier alpha value is -4.99. The number of imide groups is 4. The number of amides is 5. The maximum Gasteiger partial charge on any atom is 0.424 e. The van der Waals surface area contributed by atoms with E-state index in [0.29, 0.717) is 41.7 Å². The zero-order chi connectivity index (χ0) is 40.8. The average Bonchev–Trinajstić information content (AvgIpc) is 3.50. The first-order chi connectivity index (χ1) is 25.3. The molecule has 0 saturated carbocycles. The van der Waals surface area contributed by atoms with E-state index in [1.807, 2.05) is 20.8 Å². The van der Waals surface area contributed by atoms with E-state index in [4.69, 9.17) is 25.4 Å². The first-order valence-corrected chi connectivity index (χ1v) is 17.8. The zero-order valence-corrected chi connectivity index (χ0v) is 32.1. The molecule has 54 heavy (non-hydrogen) atoms. The highest BCUT2D eigenvalue weighted by atomic mass is 16.6. The first kappa shape index (κ1) is 45.2. The number of carbonyl (C=O) groups excluding carboxylic acids is 7. The van der Waals surface area contributed by atoms with Gasteiger partial charge in [0, 0.05) is 13.2 Å². The lowest BCUT2D eigenvalue weighted by Gasteiger charge is -2.28. The van der Waals surface area contributed by atoms with Gasteiger partial charge in [-0.3, -0.25) is 28.9 Å². The van der Waals surface area contributed by atoms with Gasteiger partial charge in [0.15, 0.2) is 0 Å². The molecule has 5 amide bonds. The van der Waals surface area contributed by atoms with Crippen LogP contribution in [0.1, 0.15) is 128 Å². The molecule has 4 N–H and O–H groups in total. The number of fused-ring (bicyclic) bond motifs is 2. The highest BCUT2D eigenvalue weighted by Gasteiger charge is 2.44. The third kappa shape index (κ3) is 12.8. The molecule has 0 unspecified atom stereocenters. The van der Waals surface area contributed by atoms with Crippen molar-refractivity contribution in [2.24, 2.45) is 5.73 Å². The van der Waals surface area contributed by atoms with Gasteiger partial charge < -0.3 is 30.2 Å². The van der Waals surface area contributed by atoms with Crippen LogP contribution >= 0.6 is 0 Å². The van der Waals surface area contributed by atoms with Gasteiger partial charge in [-0.25, -0.2) is 9.59 Å². The maximum atomic E-state index is 12.6. The molecule has 0 aromatic heterocycles. The lowest BCUT2D eigenvalue weighted by atomic mass is 10.1. The van der Waals surface area contributed by atoms with Crippen LogP contribution in [-0.4, -0.2) is 105 Å². The van der Waals surface area contributed by atoms with Crippen molar-refractivity contribution in [3.63, 3.8) is 0 Å². The maximum absolute atomic E-state index is 12.6. The van der Waals surface area contributed by atoms with Crippen LogP contribution in [-0.2, 0) is 23.8 Å². The summed E-state index contributed by atoms with van der Waals surface area (Å²) in [5, 5.41) is 17.5. The number of hydrogen-bond acceptors (Lipinski definition) is 13. The van der Waals surface area contributed by atoms with Crippen LogP contribution in [0.5, 0.6) is 0 Å². The summed E-state index contributed by atoms with van der Waals surface area (Å²) in [4.78, 5) is 85.5. The van der Waals surface area contributed by atoms with Crippen molar-refractivity contribution in [2.45, 2.75) is 110 Å². The van der Waals surface area contributed by atoms with E-state index in [0.717, 1.165) is 11.3 Å². The molecule has 2 aliphatic heterocycles. The van der Waals surface area contributed by atoms with Gasteiger partial charge in [0.05, 0.1) is 28.9 Å². The van der Waals surface area contributed by atoms with Crippen LogP contribution < -0.4 is 5.73 Å². The Balaban J connectivity index is 0.000000294. The number of rotatable bonds is 12. The summed E-state index contributed by atoms with van der Waals surface area (Å²) < 4.78 is 15.1. The minimum atomic E-state index is -0.983. The molecule has 4 rings (SSSR count). The molecule has 15 nitrogen and oxygen atoms in total. The van der Waals surface area contributed by atoms with Crippen molar-refractivity contribution in [3.8, 4) is 0 Å². The van der Waals surface area contributed by atoms with Gasteiger partial charge in [0.1, 0.15) is 23.3 Å². The lowest BCUT2D eigenvalue weighted by molar-refractivity contribution is -0.160. The molecular formula is C39H53N3O12. The van der Waals surface area contributed by atoms with Gasteiger partial charge >= 0.3 is 18.0 Å². The van der Waals surface area contributed by atoms with Crippen LogP contribution in [0.2, 0.25) is 0 Å². The lowest BCUT2D eigenvalue weighted by Crippen LogP contribution is -2.47. The van der Waals surface area contributed by atoms with Gasteiger partial charge in [-0.15, -0.1) is 0 Å². The molecule has 2 aliphatic rings. The van der Waals surface area contributed by atoms with Gasteiger partial charge in [-0.05, 0) is 111 Å². The summed E-state index contributed by atoms with van der Waals surface area (Å²) in [5.74, 6) is -3.17. The molecule has 0 fully saturated rings. The first-order valence-electron chi connectivity index (χ1n) is 17.8. The van der Waals surface area contributed by atoms with E-state index >= 15 is 0 Å². The van der Waals surface area contributed by atoms with E-state index in [-0.39, 0.29) is 43.3 Å². The zero-order valence-electron chi connectivity index (χ0n) is 32.1. The largest absolute Gasteiger partial charge is 0.459 e. The Morgan fingerprint density at radius 2 is 1.04 bits per heavy atom. The Kier molecular flexibility index (Phi) is 17.1. The van der Waals surface area contributed by atoms with Gasteiger partial charge in [0.25, 0.3) is 23.6 Å². The van der Waals surface area contributed by atoms with Crippen molar-refractivity contribution < 1.29 is 58.0 Å². The summed E-state index contributed by atoms with van der Waals surface area (Å²) in [6.07, 6.45) is 2.33. The summed E-state index contributed by atoms with van der Waals surface area (Å²) in [7, 11) is 0. The molecular weight excluding hydrogens is 702 g/mol. The minimum absolute atomic E-state index is 0.0108. The van der Waals surface area contributed by atoms with Crippen LogP contribution in [0.15, 0.2) is 48.5 Å². The summed E-state index contributed by atoms with van der Waals surface area (Å²) in [5.41, 5.74) is 5.49. The number of aliphatic hydroxyl groups excluding tert-OH is 2. The molecule has 0 saturated heterocycles.